The standard InChI is InChI=1S/C13H25N3O3/c1-6-16(13(2,3)11(17)18)12(19)15-8-7-10(9-15)14(4)5/h10H,6-9H2,1-5H3,(H,17,18). The van der Waals surface area contributed by atoms with Crippen molar-refractivity contribution in [1.29, 1.82) is 0 Å². The molecule has 19 heavy (non-hydrogen) atoms. The van der Waals surface area contributed by atoms with E-state index < -0.39 is 11.5 Å². The number of likely N-dealkylation sites (tertiary alicyclic amines) is 1. The molecule has 110 valence electrons. The van der Waals surface area contributed by atoms with Gasteiger partial charge in [0.1, 0.15) is 5.54 Å². The van der Waals surface area contributed by atoms with Gasteiger partial charge in [0.05, 0.1) is 0 Å². The van der Waals surface area contributed by atoms with Crippen molar-refractivity contribution >= 4 is 12.0 Å². The summed E-state index contributed by atoms with van der Waals surface area (Å²) in [7, 11) is 3.99. The van der Waals surface area contributed by atoms with Crippen molar-refractivity contribution in [3.8, 4) is 0 Å². The molecule has 0 aliphatic carbocycles. The fourth-order valence-electron chi connectivity index (χ4n) is 2.39. The Labute approximate surface area is 115 Å². The zero-order chi connectivity index (χ0) is 14.8. The van der Waals surface area contributed by atoms with Crippen molar-refractivity contribution in [2.75, 3.05) is 33.7 Å². The van der Waals surface area contributed by atoms with Gasteiger partial charge < -0.3 is 19.8 Å². The van der Waals surface area contributed by atoms with Crippen LogP contribution < -0.4 is 0 Å². The Bertz CT molecular complexity index is 355. The van der Waals surface area contributed by atoms with Gasteiger partial charge in [-0.3, -0.25) is 0 Å². The highest BCUT2D eigenvalue weighted by molar-refractivity contribution is 5.85. The lowest BCUT2D eigenvalue weighted by atomic mass is 10.0. The Hall–Kier alpha value is -1.30. The minimum absolute atomic E-state index is 0.181. The van der Waals surface area contributed by atoms with Gasteiger partial charge >= 0.3 is 12.0 Å². The number of amides is 2. The highest BCUT2D eigenvalue weighted by Crippen LogP contribution is 2.21. The van der Waals surface area contributed by atoms with Gasteiger partial charge in [-0.2, -0.15) is 0 Å². The van der Waals surface area contributed by atoms with Crippen LogP contribution >= 0.6 is 0 Å². The first-order chi connectivity index (χ1) is 8.71. The third-order valence-electron chi connectivity index (χ3n) is 3.91. The van der Waals surface area contributed by atoms with Crippen LogP contribution in [0.5, 0.6) is 0 Å². The number of nitrogens with zero attached hydrogens (tertiary/aromatic N) is 3. The molecule has 1 N–H and O–H groups in total. The second-order valence-corrected chi connectivity index (χ2v) is 5.74. The molecule has 1 heterocycles. The summed E-state index contributed by atoms with van der Waals surface area (Å²) < 4.78 is 0. The number of carbonyl (C=O) groups is 2. The number of carbonyl (C=O) groups excluding carboxylic acids is 1. The number of hydrogen-bond donors (Lipinski definition) is 1. The SMILES string of the molecule is CCN(C(=O)N1CCC(N(C)C)C1)C(C)(C)C(=O)O. The molecule has 0 aromatic heterocycles. The van der Waals surface area contributed by atoms with Crippen LogP contribution in [0.4, 0.5) is 4.79 Å². The van der Waals surface area contributed by atoms with Crippen molar-refractivity contribution in [3.05, 3.63) is 0 Å². The maximum atomic E-state index is 12.5. The zero-order valence-electron chi connectivity index (χ0n) is 12.5. The molecule has 2 amide bonds. The minimum atomic E-state index is -1.18. The van der Waals surface area contributed by atoms with Crippen molar-refractivity contribution in [2.45, 2.75) is 38.8 Å². The average Bonchev–Trinajstić information content (AvgIpc) is 2.78. The summed E-state index contributed by atoms with van der Waals surface area (Å²) in [5, 5.41) is 9.25. The molecule has 0 radical (unpaired) electrons. The summed E-state index contributed by atoms with van der Waals surface area (Å²) in [5.74, 6) is -0.981. The molecule has 0 spiro atoms. The van der Waals surface area contributed by atoms with Gasteiger partial charge in [0, 0.05) is 25.7 Å². The Kier molecular flexibility index (Phi) is 4.79. The molecular weight excluding hydrogens is 246 g/mol. The Morgan fingerprint density at radius 3 is 2.32 bits per heavy atom. The maximum absolute atomic E-state index is 12.5. The number of hydrogen-bond acceptors (Lipinski definition) is 3. The van der Waals surface area contributed by atoms with Crippen LogP contribution in [-0.2, 0) is 4.79 Å². The van der Waals surface area contributed by atoms with Crippen LogP contribution in [0.2, 0.25) is 0 Å². The second-order valence-electron chi connectivity index (χ2n) is 5.74. The van der Waals surface area contributed by atoms with Crippen molar-refractivity contribution < 1.29 is 14.7 Å². The molecule has 1 unspecified atom stereocenters. The first-order valence-electron chi connectivity index (χ1n) is 6.68. The summed E-state index contributed by atoms with van der Waals surface area (Å²) in [6, 6.07) is 0.176. The lowest BCUT2D eigenvalue weighted by molar-refractivity contribution is -0.147. The van der Waals surface area contributed by atoms with E-state index in [0.717, 1.165) is 6.42 Å². The Morgan fingerprint density at radius 2 is 1.95 bits per heavy atom. The quantitative estimate of drug-likeness (QED) is 0.826. The fraction of sp³-hybridized carbons (Fsp3) is 0.846. The van der Waals surface area contributed by atoms with E-state index in [9.17, 15) is 14.7 Å². The van der Waals surface area contributed by atoms with E-state index in [-0.39, 0.29) is 6.03 Å². The summed E-state index contributed by atoms with van der Waals surface area (Å²) >= 11 is 0. The van der Waals surface area contributed by atoms with E-state index in [4.69, 9.17) is 0 Å². The predicted molar refractivity (Wildman–Crippen MR) is 73.2 cm³/mol. The smallest absolute Gasteiger partial charge is 0.329 e. The lowest BCUT2D eigenvalue weighted by Crippen LogP contribution is -2.56. The molecule has 6 heteroatoms. The molecule has 0 aromatic carbocycles. The van der Waals surface area contributed by atoms with E-state index in [2.05, 4.69) is 4.90 Å². The van der Waals surface area contributed by atoms with Crippen molar-refractivity contribution in [1.82, 2.24) is 14.7 Å². The average molecular weight is 271 g/mol. The first-order valence-corrected chi connectivity index (χ1v) is 6.68. The Balaban J connectivity index is 2.79. The summed E-state index contributed by atoms with van der Waals surface area (Å²) in [6.45, 7) is 6.68. The number of carboxylic acid groups (broad SMARTS) is 1. The van der Waals surface area contributed by atoms with Crippen LogP contribution in [0.15, 0.2) is 0 Å². The molecular formula is C13H25N3O3. The highest BCUT2D eigenvalue weighted by atomic mass is 16.4. The van der Waals surface area contributed by atoms with E-state index >= 15 is 0 Å². The summed E-state index contributed by atoms with van der Waals surface area (Å²) in [5.41, 5.74) is -1.18. The number of rotatable bonds is 4. The van der Waals surface area contributed by atoms with Crippen LogP contribution in [0.3, 0.4) is 0 Å². The first kappa shape index (κ1) is 15.8. The second kappa shape index (κ2) is 5.77. The van der Waals surface area contributed by atoms with Gasteiger partial charge in [-0.1, -0.05) is 0 Å². The highest BCUT2D eigenvalue weighted by Gasteiger charge is 2.40. The molecule has 1 fully saturated rings. The lowest BCUT2D eigenvalue weighted by Gasteiger charge is -2.37. The molecule has 0 bridgehead atoms. The zero-order valence-corrected chi connectivity index (χ0v) is 12.5. The van der Waals surface area contributed by atoms with Crippen molar-refractivity contribution in [3.63, 3.8) is 0 Å². The van der Waals surface area contributed by atoms with Crippen LogP contribution in [0, 0.1) is 0 Å². The minimum Gasteiger partial charge on any atom is -0.480 e. The Morgan fingerprint density at radius 1 is 1.37 bits per heavy atom. The summed E-state index contributed by atoms with van der Waals surface area (Å²) in [4.78, 5) is 29.0. The van der Waals surface area contributed by atoms with E-state index in [1.165, 1.54) is 4.90 Å². The van der Waals surface area contributed by atoms with Gasteiger partial charge in [0.25, 0.3) is 0 Å². The third kappa shape index (κ3) is 3.18. The molecule has 1 aliphatic rings. The molecule has 1 aliphatic heterocycles. The third-order valence-corrected chi connectivity index (χ3v) is 3.91. The largest absolute Gasteiger partial charge is 0.480 e. The molecule has 0 saturated carbocycles. The number of carboxylic acids is 1. The van der Waals surface area contributed by atoms with Gasteiger partial charge in [-0.05, 0) is 41.3 Å². The van der Waals surface area contributed by atoms with Crippen LogP contribution in [0.25, 0.3) is 0 Å². The maximum Gasteiger partial charge on any atom is 0.329 e. The molecule has 1 saturated heterocycles. The molecule has 1 atom stereocenters. The van der Waals surface area contributed by atoms with Crippen LogP contribution in [-0.4, -0.2) is 77.1 Å². The number of aliphatic carboxylic acids is 1. The molecule has 0 aromatic rings. The van der Waals surface area contributed by atoms with Gasteiger partial charge in [0.15, 0.2) is 0 Å². The van der Waals surface area contributed by atoms with Crippen molar-refractivity contribution in [2.24, 2.45) is 0 Å². The fourth-order valence-corrected chi connectivity index (χ4v) is 2.39. The monoisotopic (exact) mass is 271 g/mol. The normalized spacial score (nSPS) is 19.9. The van der Waals surface area contributed by atoms with E-state index in [1.807, 2.05) is 21.0 Å². The van der Waals surface area contributed by atoms with Gasteiger partial charge in [0.2, 0.25) is 0 Å². The molecule has 1 rings (SSSR count). The van der Waals surface area contributed by atoms with Crippen LogP contribution in [0.1, 0.15) is 27.2 Å². The molecule has 6 nitrogen and oxygen atoms in total. The summed E-state index contributed by atoms with van der Waals surface area (Å²) in [6.07, 6.45) is 0.934. The number of urea groups is 1. The topological polar surface area (TPSA) is 64.1 Å². The number of likely N-dealkylation sites (N-methyl/N-ethyl adjacent to an activating group) is 2. The van der Waals surface area contributed by atoms with Gasteiger partial charge in [-0.25, -0.2) is 9.59 Å². The van der Waals surface area contributed by atoms with E-state index in [1.54, 1.807) is 18.7 Å². The predicted octanol–water partition coefficient (Wildman–Crippen LogP) is 0.927. The van der Waals surface area contributed by atoms with Gasteiger partial charge in [-0.15, -0.1) is 0 Å². The van der Waals surface area contributed by atoms with E-state index in [0.29, 0.717) is 25.7 Å².